The van der Waals surface area contributed by atoms with Crippen LogP contribution in [0.4, 0.5) is 4.79 Å². The van der Waals surface area contributed by atoms with Crippen molar-refractivity contribution in [2.24, 2.45) is 0 Å². The minimum Gasteiger partial charge on any atom is -0.493 e. The highest BCUT2D eigenvalue weighted by atomic mass is 32.2. The van der Waals surface area contributed by atoms with Crippen molar-refractivity contribution in [3.05, 3.63) is 53.6 Å². The fourth-order valence-electron chi connectivity index (χ4n) is 3.33. The lowest BCUT2D eigenvalue weighted by Crippen LogP contribution is -2.38. The molecule has 0 saturated heterocycles. The van der Waals surface area contributed by atoms with E-state index in [0.29, 0.717) is 37.6 Å². The van der Waals surface area contributed by atoms with Crippen LogP contribution < -0.4 is 20.1 Å². The first kappa shape index (κ1) is 25.5. The number of nitrogens with zero attached hydrogens (tertiary/aromatic N) is 1. The number of benzene rings is 2. The molecule has 0 bridgehead atoms. The number of carbonyl (C=O) groups is 1. The molecule has 0 aliphatic carbocycles. The molecule has 0 aliphatic heterocycles. The van der Waals surface area contributed by atoms with Gasteiger partial charge in [-0.15, -0.1) is 0 Å². The third-order valence-electron chi connectivity index (χ3n) is 5.22. The van der Waals surface area contributed by atoms with Crippen LogP contribution in [0, 0.1) is 0 Å². The molecule has 0 aliphatic rings. The maximum atomic E-state index is 12.6. The van der Waals surface area contributed by atoms with Gasteiger partial charge in [0.25, 0.3) is 0 Å². The summed E-state index contributed by atoms with van der Waals surface area (Å²) in [7, 11) is -0.329. The Bertz CT molecular complexity index is 989. The standard InChI is InChI=1S/C23H33N3O5S/c1-6-26(7-2)32(28,29)20-11-9-19(10-12-20)17(3)25-23(27)24-15-14-18-8-13-21(30-4)22(16-18)31-5/h8-13,16-17H,6-7,14-15H2,1-5H3,(H2,24,25,27). The van der Waals surface area contributed by atoms with Gasteiger partial charge in [0.1, 0.15) is 0 Å². The molecule has 176 valence electrons. The number of carbonyl (C=O) groups excluding carboxylic acids is 1. The number of sulfonamides is 1. The summed E-state index contributed by atoms with van der Waals surface area (Å²) in [5, 5.41) is 5.71. The van der Waals surface area contributed by atoms with Gasteiger partial charge in [0.15, 0.2) is 11.5 Å². The van der Waals surface area contributed by atoms with Crippen molar-refractivity contribution in [2.75, 3.05) is 33.9 Å². The zero-order valence-corrected chi connectivity index (χ0v) is 20.2. The van der Waals surface area contributed by atoms with Gasteiger partial charge in [0.05, 0.1) is 25.2 Å². The highest BCUT2D eigenvalue weighted by molar-refractivity contribution is 7.89. The molecule has 9 heteroatoms. The van der Waals surface area contributed by atoms with Crippen molar-refractivity contribution < 1.29 is 22.7 Å². The molecule has 0 fully saturated rings. The van der Waals surface area contributed by atoms with Crippen LogP contribution in [0.15, 0.2) is 47.4 Å². The first-order valence-corrected chi connectivity index (χ1v) is 12.1. The Balaban J connectivity index is 1.90. The zero-order valence-electron chi connectivity index (χ0n) is 19.3. The summed E-state index contributed by atoms with van der Waals surface area (Å²) in [4.78, 5) is 12.5. The maximum absolute atomic E-state index is 12.6. The Morgan fingerprint density at radius 1 is 1.00 bits per heavy atom. The highest BCUT2D eigenvalue weighted by Crippen LogP contribution is 2.27. The minimum absolute atomic E-state index is 0.247. The van der Waals surface area contributed by atoms with Gasteiger partial charge in [-0.2, -0.15) is 4.31 Å². The normalized spacial score (nSPS) is 12.3. The SMILES string of the molecule is CCN(CC)S(=O)(=O)c1ccc(C(C)NC(=O)NCCc2ccc(OC)c(OC)c2)cc1. The number of hydrogen-bond acceptors (Lipinski definition) is 5. The average molecular weight is 464 g/mol. The molecule has 2 aromatic rings. The van der Waals surface area contributed by atoms with Crippen LogP contribution in [0.1, 0.15) is 37.9 Å². The van der Waals surface area contributed by atoms with E-state index < -0.39 is 10.0 Å². The molecule has 32 heavy (non-hydrogen) atoms. The third kappa shape index (κ3) is 6.37. The van der Waals surface area contributed by atoms with Gasteiger partial charge < -0.3 is 20.1 Å². The van der Waals surface area contributed by atoms with Crippen molar-refractivity contribution in [2.45, 2.75) is 38.1 Å². The topological polar surface area (TPSA) is 97.0 Å². The van der Waals surface area contributed by atoms with Crippen LogP contribution in [0.5, 0.6) is 11.5 Å². The van der Waals surface area contributed by atoms with E-state index in [-0.39, 0.29) is 17.0 Å². The molecule has 0 saturated carbocycles. The second-order valence-corrected chi connectivity index (χ2v) is 9.16. The summed E-state index contributed by atoms with van der Waals surface area (Å²) < 4.78 is 37.1. The number of urea groups is 1. The molecule has 0 radical (unpaired) electrons. The lowest BCUT2D eigenvalue weighted by atomic mass is 10.1. The number of nitrogens with one attached hydrogen (secondary N) is 2. The lowest BCUT2D eigenvalue weighted by Gasteiger charge is -2.19. The first-order valence-electron chi connectivity index (χ1n) is 10.6. The summed E-state index contributed by atoms with van der Waals surface area (Å²) in [6.45, 7) is 6.76. The third-order valence-corrected chi connectivity index (χ3v) is 7.28. The van der Waals surface area contributed by atoms with E-state index in [1.54, 1.807) is 38.5 Å². The molecule has 2 rings (SSSR count). The Morgan fingerprint density at radius 3 is 2.19 bits per heavy atom. The van der Waals surface area contributed by atoms with Crippen molar-refractivity contribution in [3.8, 4) is 11.5 Å². The summed E-state index contributed by atoms with van der Waals surface area (Å²) in [5.41, 5.74) is 1.83. The van der Waals surface area contributed by atoms with Crippen LogP contribution in [0.25, 0.3) is 0 Å². The van der Waals surface area contributed by atoms with Gasteiger partial charge in [-0.1, -0.05) is 32.0 Å². The van der Waals surface area contributed by atoms with Crippen molar-refractivity contribution in [1.29, 1.82) is 0 Å². The fraction of sp³-hybridized carbons (Fsp3) is 0.435. The molecule has 2 aromatic carbocycles. The van der Waals surface area contributed by atoms with Crippen LogP contribution in [-0.2, 0) is 16.4 Å². The largest absolute Gasteiger partial charge is 0.493 e. The van der Waals surface area contributed by atoms with Crippen LogP contribution in [-0.4, -0.2) is 52.6 Å². The Morgan fingerprint density at radius 2 is 1.62 bits per heavy atom. The maximum Gasteiger partial charge on any atom is 0.315 e. The molecule has 0 spiro atoms. The van der Waals surface area contributed by atoms with Gasteiger partial charge in [-0.3, -0.25) is 0 Å². The number of hydrogen-bond donors (Lipinski definition) is 2. The fourth-order valence-corrected chi connectivity index (χ4v) is 4.79. The molecule has 1 unspecified atom stereocenters. The molecule has 2 N–H and O–H groups in total. The zero-order chi connectivity index (χ0) is 23.7. The predicted molar refractivity (Wildman–Crippen MR) is 125 cm³/mol. The monoisotopic (exact) mass is 463 g/mol. The second kappa shape index (κ2) is 11.7. The Hall–Kier alpha value is -2.78. The summed E-state index contributed by atoms with van der Waals surface area (Å²) in [5.74, 6) is 1.31. The van der Waals surface area contributed by atoms with Gasteiger partial charge in [0.2, 0.25) is 10.0 Å². The summed E-state index contributed by atoms with van der Waals surface area (Å²) in [6, 6.07) is 11.7. The smallest absolute Gasteiger partial charge is 0.315 e. The second-order valence-electron chi connectivity index (χ2n) is 7.22. The van der Waals surface area contributed by atoms with E-state index in [1.165, 1.54) is 4.31 Å². The van der Waals surface area contributed by atoms with E-state index in [4.69, 9.17) is 9.47 Å². The van der Waals surface area contributed by atoms with Gasteiger partial charge in [0, 0.05) is 19.6 Å². The van der Waals surface area contributed by atoms with E-state index >= 15 is 0 Å². The van der Waals surface area contributed by atoms with E-state index in [9.17, 15) is 13.2 Å². The Labute approximate surface area is 191 Å². The minimum atomic E-state index is -3.50. The molecular formula is C23H33N3O5S. The van der Waals surface area contributed by atoms with E-state index in [2.05, 4.69) is 10.6 Å². The first-order chi connectivity index (χ1) is 15.3. The summed E-state index contributed by atoms with van der Waals surface area (Å²) >= 11 is 0. The number of rotatable bonds is 11. The average Bonchev–Trinajstić information content (AvgIpc) is 2.79. The molecule has 2 amide bonds. The van der Waals surface area contributed by atoms with E-state index in [0.717, 1.165) is 11.1 Å². The molecule has 1 atom stereocenters. The van der Waals surface area contributed by atoms with Gasteiger partial charge in [-0.25, -0.2) is 13.2 Å². The highest BCUT2D eigenvalue weighted by Gasteiger charge is 2.21. The van der Waals surface area contributed by atoms with Gasteiger partial charge >= 0.3 is 6.03 Å². The van der Waals surface area contributed by atoms with Gasteiger partial charge in [-0.05, 0) is 48.7 Å². The summed E-state index contributed by atoms with van der Waals surface area (Å²) in [6.07, 6.45) is 0.639. The molecule has 8 nitrogen and oxygen atoms in total. The molecule has 0 heterocycles. The van der Waals surface area contributed by atoms with Crippen LogP contribution >= 0.6 is 0 Å². The van der Waals surface area contributed by atoms with Crippen LogP contribution in [0.2, 0.25) is 0 Å². The van der Waals surface area contributed by atoms with Crippen molar-refractivity contribution >= 4 is 16.1 Å². The van der Waals surface area contributed by atoms with Crippen LogP contribution in [0.3, 0.4) is 0 Å². The predicted octanol–water partition coefficient (Wildman–Crippen LogP) is 3.34. The number of ether oxygens (including phenoxy) is 2. The lowest BCUT2D eigenvalue weighted by molar-refractivity contribution is 0.238. The van der Waals surface area contributed by atoms with Crippen molar-refractivity contribution in [1.82, 2.24) is 14.9 Å². The Kier molecular flexibility index (Phi) is 9.34. The van der Waals surface area contributed by atoms with E-state index in [1.807, 2.05) is 39.0 Å². The molecule has 0 aromatic heterocycles. The number of amides is 2. The molecular weight excluding hydrogens is 430 g/mol. The quantitative estimate of drug-likeness (QED) is 0.533. The number of methoxy groups -OCH3 is 2. The van der Waals surface area contributed by atoms with Crippen molar-refractivity contribution in [3.63, 3.8) is 0 Å².